The zero-order valence-corrected chi connectivity index (χ0v) is 22.8. The van der Waals surface area contributed by atoms with Crippen molar-refractivity contribution < 1.29 is 43.0 Å². The quantitative estimate of drug-likeness (QED) is 0.291. The molecule has 3 heterocycles. The van der Waals surface area contributed by atoms with Gasteiger partial charge in [0.2, 0.25) is 11.8 Å². The van der Waals surface area contributed by atoms with Crippen molar-refractivity contribution in [2.45, 2.75) is 41.5 Å². The van der Waals surface area contributed by atoms with Crippen LogP contribution in [0, 0.1) is 23.6 Å². The smallest absolute Gasteiger partial charge is 0.305 e. The molecular weight excluding hydrogens is 582 g/mol. The number of aliphatic carboxylic acids is 1. The van der Waals surface area contributed by atoms with Crippen molar-refractivity contribution in [2.75, 3.05) is 11.4 Å². The molecule has 1 aromatic carbocycles. The van der Waals surface area contributed by atoms with Crippen molar-refractivity contribution >= 4 is 58.5 Å². The molecule has 1 aromatic heterocycles. The third-order valence-corrected chi connectivity index (χ3v) is 10.1. The molecule has 6 unspecified atom stereocenters. The molecule has 41 heavy (non-hydrogen) atoms. The zero-order valence-electron chi connectivity index (χ0n) is 21.3. The number of rotatable bonds is 6. The minimum absolute atomic E-state index is 0.0480. The molecule has 2 aliphatic heterocycles. The van der Waals surface area contributed by atoms with Crippen LogP contribution in [0.3, 0.4) is 0 Å². The van der Waals surface area contributed by atoms with Gasteiger partial charge in [0.15, 0.2) is 9.75 Å². The summed E-state index contributed by atoms with van der Waals surface area (Å²) in [6.07, 6.45) is 1.12. The fourth-order valence-corrected chi connectivity index (χ4v) is 7.76. The molecule has 4 amide bonds. The second-order valence-corrected chi connectivity index (χ2v) is 11.9. The van der Waals surface area contributed by atoms with Crippen molar-refractivity contribution in [2.24, 2.45) is 17.8 Å². The number of carboxylic acid groups (broad SMARTS) is 1. The Labute approximate surface area is 242 Å². The van der Waals surface area contributed by atoms with Gasteiger partial charge < -0.3 is 14.6 Å². The topological polar surface area (TPSA) is 145 Å². The number of furan rings is 1. The van der Waals surface area contributed by atoms with Gasteiger partial charge in [0.05, 0.1) is 29.9 Å². The number of aliphatic hydroxyl groups excluding tert-OH is 1. The van der Waals surface area contributed by atoms with Crippen LogP contribution >= 0.6 is 23.2 Å². The Morgan fingerprint density at radius 1 is 1.02 bits per heavy atom. The van der Waals surface area contributed by atoms with Gasteiger partial charge in [0.25, 0.3) is 11.8 Å². The summed E-state index contributed by atoms with van der Waals surface area (Å²) in [7, 11) is 0. The lowest BCUT2D eigenvalue weighted by molar-refractivity contribution is -0.142. The molecule has 10 nitrogen and oxygen atoms in total. The number of alkyl halides is 2. The van der Waals surface area contributed by atoms with Gasteiger partial charge in [-0.25, -0.2) is 9.29 Å². The summed E-state index contributed by atoms with van der Waals surface area (Å²) < 4.78 is 19.5. The van der Waals surface area contributed by atoms with Crippen LogP contribution in [-0.2, 0) is 30.6 Å². The normalized spacial score (nSPS) is 32.6. The van der Waals surface area contributed by atoms with Crippen LogP contribution in [0.25, 0.3) is 0 Å². The van der Waals surface area contributed by atoms with Crippen molar-refractivity contribution in [3.05, 3.63) is 65.4 Å². The number of fused-ring (bicyclic) bond motifs is 4. The fraction of sp³-hybridized carbons (Fsp3) is 0.393. The molecule has 2 aliphatic carbocycles. The first-order valence-electron chi connectivity index (χ1n) is 12.9. The van der Waals surface area contributed by atoms with Gasteiger partial charge in [0, 0.05) is 6.54 Å². The summed E-state index contributed by atoms with van der Waals surface area (Å²) in [5, 5.41) is 18.8. The second-order valence-electron chi connectivity index (χ2n) is 10.7. The van der Waals surface area contributed by atoms with Crippen LogP contribution in [0.4, 0.5) is 10.1 Å². The van der Waals surface area contributed by atoms with Crippen molar-refractivity contribution in [1.29, 1.82) is 0 Å². The largest absolute Gasteiger partial charge is 0.481 e. The molecule has 2 N–H and O–H groups in total. The Kier molecular flexibility index (Phi) is 6.40. The number of allylic oxidation sites excluding steroid dienone is 2. The Bertz CT molecular complexity index is 1540. The van der Waals surface area contributed by atoms with Crippen LogP contribution in [-0.4, -0.2) is 61.0 Å². The predicted molar refractivity (Wildman–Crippen MR) is 140 cm³/mol. The number of benzene rings is 1. The fourth-order valence-electron chi connectivity index (χ4n) is 6.84. The first-order chi connectivity index (χ1) is 19.4. The first kappa shape index (κ1) is 27.6. The maximum atomic E-state index is 14.1. The number of carbonyl (C=O) groups is 5. The van der Waals surface area contributed by atoms with E-state index in [0.717, 1.165) is 21.9 Å². The molecule has 6 atom stereocenters. The molecular formula is C28H23Cl2FN2O8. The molecule has 0 bridgehead atoms. The van der Waals surface area contributed by atoms with E-state index >= 15 is 0 Å². The molecule has 2 saturated heterocycles. The van der Waals surface area contributed by atoms with E-state index in [9.17, 15) is 33.5 Å². The monoisotopic (exact) mass is 604 g/mol. The van der Waals surface area contributed by atoms with Gasteiger partial charge in [-0.2, -0.15) is 0 Å². The lowest BCUT2D eigenvalue weighted by Crippen LogP contribution is -2.60. The van der Waals surface area contributed by atoms with Gasteiger partial charge in [-0.1, -0.05) is 11.6 Å². The van der Waals surface area contributed by atoms with E-state index in [1.165, 1.54) is 24.3 Å². The number of anilines is 1. The molecule has 0 spiro atoms. The lowest BCUT2D eigenvalue weighted by Gasteiger charge is -2.49. The molecule has 2 aromatic rings. The van der Waals surface area contributed by atoms with Gasteiger partial charge in [-0.05, 0) is 55.2 Å². The van der Waals surface area contributed by atoms with Crippen molar-refractivity contribution in [1.82, 2.24) is 4.90 Å². The number of carboxylic acids is 1. The third-order valence-electron chi connectivity index (χ3n) is 8.66. The van der Waals surface area contributed by atoms with E-state index in [1.54, 1.807) is 6.08 Å². The molecule has 0 radical (unpaired) electrons. The Morgan fingerprint density at radius 3 is 2.37 bits per heavy atom. The summed E-state index contributed by atoms with van der Waals surface area (Å²) in [4.78, 5) is 63.6. The molecule has 214 valence electrons. The van der Waals surface area contributed by atoms with Crippen LogP contribution < -0.4 is 4.90 Å². The summed E-state index contributed by atoms with van der Waals surface area (Å²) >= 11 is 14.3. The Morgan fingerprint density at radius 2 is 1.73 bits per heavy atom. The number of hydrogen-bond acceptors (Lipinski definition) is 7. The van der Waals surface area contributed by atoms with E-state index in [0.29, 0.717) is 5.57 Å². The first-order valence-corrected chi connectivity index (χ1v) is 13.7. The third kappa shape index (κ3) is 3.75. The number of likely N-dealkylation sites (tertiary alicyclic amines) is 1. The minimum Gasteiger partial charge on any atom is -0.481 e. The highest BCUT2D eigenvalue weighted by atomic mass is 35.5. The second kappa shape index (κ2) is 9.50. The number of amides is 4. The summed E-state index contributed by atoms with van der Waals surface area (Å²) in [5.41, 5.74) is 0.534. The summed E-state index contributed by atoms with van der Waals surface area (Å²) in [6.45, 7) is -0.758. The SMILES string of the molecule is O=C(O)CCN1C(=O)C2CC=C3C(CC4(Cl)C(=O)N(c5ccc(F)cc5)C(=O)C4(Cl)C3c3ccc(CO)o3)C2C1=O. The number of halogens is 3. The van der Waals surface area contributed by atoms with Gasteiger partial charge in [0.1, 0.15) is 23.9 Å². The highest BCUT2D eigenvalue weighted by molar-refractivity contribution is 6.58. The Hall–Kier alpha value is -3.54. The van der Waals surface area contributed by atoms with E-state index in [-0.39, 0.29) is 36.6 Å². The molecule has 4 aliphatic rings. The van der Waals surface area contributed by atoms with Gasteiger partial charge in [-0.3, -0.25) is 28.9 Å². The van der Waals surface area contributed by atoms with Crippen LogP contribution in [0.15, 0.2) is 52.5 Å². The maximum absolute atomic E-state index is 14.1. The number of hydrogen-bond donors (Lipinski definition) is 2. The highest BCUT2D eigenvalue weighted by Crippen LogP contribution is 2.65. The predicted octanol–water partition coefficient (Wildman–Crippen LogP) is 2.95. The highest BCUT2D eigenvalue weighted by Gasteiger charge is 2.77. The van der Waals surface area contributed by atoms with Gasteiger partial charge in [-0.15, -0.1) is 23.2 Å². The lowest BCUT2D eigenvalue weighted by atomic mass is 9.57. The molecule has 1 saturated carbocycles. The molecule has 6 rings (SSSR count). The number of carbonyl (C=O) groups excluding carboxylic acids is 4. The van der Waals surface area contributed by atoms with E-state index < -0.39 is 81.9 Å². The van der Waals surface area contributed by atoms with Crippen molar-refractivity contribution in [3.63, 3.8) is 0 Å². The standard InChI is InChI=1S/C28H23Cl2FN2O8/c29-27-11-18-16(6-7-17-21(18)24(38)32(23(17)37)10-9-20(35)36)22(19-8-5-15(12-34)41-19)28(27,30)26(40)33(25(27)39)14-3-1-13(31)2-4-14/h1-6,8,17-18,21-22,34H,7,9-12H2,(H,35,36). The van der Waals surface area contributed by atoms with Crippen molar-refractivity contribution in [3.8, 4) is 0 Å². The number of imide groups is 2. The Balaban J connectivity index is 1.49. The van der Waals surface area contributed by atoms with Crippen LogP contribution in [0.1, 0.15) is 36.7 Å². The van der Waals surface area contributed by atoms with Crippen LogP contribution in [0.5, 0.6) is 0 Å². The molecule has 13 heteroatoms. The molecule has 3 fully saturated rings. The maximum Gasteiger partial charge on any atom is 0.305 e. The summed E-state index contributed by atoms with van der Waals surface area (Å²) in [5.74, 6) is -8.05. The van der Waals surface area contributed by atoms with E-state index in [4.69, 9.17) is 32.7 Å². The van der Waals surface area contributed by atoms with Crippen LogP contribution in [0.2, 0.25) is 0 Å². The van der Waals surface area contributed by atoms with Gasteiger partial charge >= 0.3 is 5.97 Å². The van der Waals surface area contributed by atoms with E-state index in [2.05, 4.69) is 0 Å². The zero-order chi connectivity index (χ0) is 29.4. The average molecular weight is 605 g/mol. The number of nitrogens with zero attached hydrogens (tertiary/aromatic N) is 2. The number of aliphatic hydroxyl groups is 1. The average Bonchev–Trinajstić information content (AvgIpc) is 3.55. The van der Waals surface area contributed by atoms with E-state index in [1.807, 2.05) is 0 Å². The summed E-state index contributed by atoms with van der Waals surface area (Å²) in [6, 6.07) is 7.65. The minimum atomic E-state index is -2.14.